The Morgan fingerprint density at radius 1 is 1.17 bits per heavy atom. The SMILES string of the molecule is CC(C)c1ccc(-c2nnc(NC(=O)C[C@@H]3Oc4ccccc4NC3=O)s2)cc1. The fourth-order valence-electron chi connectivity index (χ4n) is 2.97. The van der Waals surface area contributed by atoms with E-state index in [1.54, 1.807) is 18.2 Å². The van der Waals surface area contributed by atoms with Crippen LogP contribution in [0.5, 0.6) is 5.75 Å². The summed E-state index contributed by atoms with van der Waals surface area (Å²) in [5.41, 5.74) is 2.80. The summed E-state index contributed by atoms with van der Waals surface area (Å²) < 4.78 is 5.65. The van der Waals surface area contributed by atoms with Crippen molar-refractivity contribution < 1.29 is 14.3 Å². The smallest absolute Gasteiger partial charge is 0.266 e. The van der Waals surface area contributed by atoms with Crippen LogP contribution in [0.4, 0.5) is 10.8 Å². The molecule has 2 aromatic carbocycles. The van der Waals surface area contributed by atoms with Gasteiger partial charge in [-0.3, -0.25) is 9.59 Å². The van der Waals surface area contributed by atoms with Crippen LogP contribution in [0.2, 0.25) is 0 Å². The molecule has 7 nitrogen and oxygen atoms in total. The third-order valence-electron chi connectivity index (χ3n) is 4.57. The number of ether oxygens (including phenoxy) is 1. The normalized spacial score (nSPS) is 15.4. The van der Waals surface area contributed by atoms with Gasteiger partial charge < -0.3 is 15.4 Å². The molecule has 0 spiro atoms. The van der Waals surface area contributed by atoms with E-state index in [4.69, 9.17) is 4.74 Å². The summed E-state index contributed by atoms with van der Waals surface area (Å²) in [7, 11) is 0. The Bertz CT molecular complexity index is 1050. The molecule has 2 N–H and O–H groups in total. The number of carbonyl (C=O) groups is 2. The van der Waals surface area contributed by atoms with Gasteiger partial charge in [-0.05, 0) is 23.6 Å². The Kier molecular flexibility index (Phi) is 5.26. The van der Waals surface area contributed by atoms with Crippen LogP contribution in [0.15, 0.2) is 48.5 Å². The molecule has 0 radical (unpaired) electrons. The van der Waals surface area contributed by atoms with Crippen molar-refractivity contribution in [3.63, 3.8) is 0 Å². The molecule has 1 aromatic heterocycles. The van der Waals surface area contributed by atoms with Crippen molar-refractivity contribution in [3.05, 3.63) is 54.1 Å². The molecule has 2 amide bonds. The van der Waals surface area contributed by atoms with Crippen LogP contribution in [0, 0.1) is 0 Å². The second kappa shape index (κ2) is 8.00. The molecule has 1 atom stereocenters. The molecule has 2 heterocycles. The van der Waals surface area contributed by atoms with Gasteiger partial charge in [0, 0.05) is 5.56 Å². The molecule has 0 fully saturated rings. The first kappa shape index (κ1) is 19.1. The zero-order chi connectivity index (χ0) is 20.4. The Morgan fingerprint density at radius 2 is 1.93 bits per heavy atom. The number of carbonyl (C=O) groups excluding carboxylic acids is 2. The van der Waals surface area contributed by atoms with Crippen molar-refractivity contribution in [2.24, 2.45) is 0 Å². The van der Waals surface area contributed by atoms with Gasteiger partial charge in [0.25, 0.3) is 5.91 Å². The first-order valence-electron chi connectivity index (χ1n) is 9.30. The van der Waals surface area contributed by atoms with E-state index in [-0.39, 0.29) is 18.2 Å². The monoisotopic (exact) mass is 408 g/mol. The van der Waals surface area contributed by atoms with Crippen molar-refractivity contribution in [2.75, 3.05) is 10.6 Å². The molecule has 29 heavy (non-hydrogen) atoms. The summed E-state index contributed by atoms with van der Waals surface area (Å²) in [5, 5.41) is 14.7. The second-order valence-electron chi connectivity index (χ2n) is 7.03. The molecule has 0 saturated heterocycles. The number of rotatable bonds is 5. The minimum Gasteiger partial charge on any atom is -0.478 e. The maximum absolute atomic E-state index is 12.4. The van der Waals surface area contributed by atoms with E-state index in [1.165, 1.54) is 16.9 Å². The van der Waals surface area contributed by atoms with Crippen molar-refractivity contribution in [3.8, 4) is 16.3 Å². The third kappa shape index (κ3) is 4.27. The predicted octanol–water partition coefficient (Wildman–Crippen LogP) is 4.06. The maximum Gasteiger partial charge on any atom is 0.266 e. The number of nitrogens with zero attached hydrogens (tertiary/aromatic N) is 2. The van der Waals surface area contributed by atoms with Crippen LogP contribution >= 0.6 is 11.3 Å². The van der Waals surface area contributed by atoms with Crippen LogP contribution in [0.3, 0.4) is 0 Å². The molecule has 0 saturated carbocycles. The summed E-state index contributed by atoms with van der Waals surface area (Å²) in [4.78, 5) is 24.5. The van der Waals surface area contributed by atoms with Crippen molar-refractivity contribution in [2.45, 2.75) is 32.3 Å². The first-order valence-corrected chi connectivity index (χ1v) is 10.1. The van der Waals surface area contributed by atoms with Crippen LogP contribution in [-0.4, -0.2) is 28.1 Å². The molecule has 8 heteroatoms. The standard InChI is InChI=1S/C21H20N4O3S/c1-12(2)13-7-9-14(10-8-13)20-24-25-21(29-20)23-18(26)11-17-19(27)22-15-5-3-4-6-16(15)28-17/h3-10,12,17H,11H2,1-2H3,(H,22,27)(H,23,25,26)/t17-/m0/s1. The summed E-state index contributed by atoms with van der Waals surface area (Å²) in [5.74, 6) is 0.303. The lowest BCUT2D eigenvalue weighted by atomic mass is 10.0. The van der Waals surface area contributed by atoms with Gasteiger partial charge >= 0.3 is 0 Å². The molecular formula is C21H20N4O3S. The van der Waals surface area contributed by atoms with Gasteiger partial charge in [0.05, 0.1) is 12.1 Å². The summed E-state index contributed by atoms with van der Waals surface area (Å²) in [6, 6.07) is 15.2. The fourth-order valence-corrected chi connectivity index (χ4v) is 3.73. The van der Waals surface area contributed by atoms with E-state index in [2.05, 4.69) is 46.8 Å². The molecule has 1 aliphatic rings. The van der Waals surface area contributed by atoms with Gasteiger partial charge in [-0.15, -0.1) is 10.2 Å². The minimum atomic E-state index is -0.888. The zero-order valence-corrected chi connectivity index (χ0v) is 16.8. The quantitative estimate of drug-likeness (QED) is 0.664. The van der Waals surface area contributed by atoms with Crippen LogP contribution < -0.4 is 15.4 Å². The highest BCUT2D eigenvalue weighted by Crippen LogP contribution is 2.30. The number of benzene rings is 2. The number of hydrogen-bond acceptors (Lipinski definition) is 6. The number of hydrogen-bond donors (Lipinski definition) is 2. The van der Waals surface area contributed by atoms with Crippen molar-refractivity contribution in [1.29, 1.82) is 0 Å². The van der Waals surface area contributed by atoms with E-state index < -0.39 is 6.10 Å². The topological polar surface area (TPSA) is 93.2 Å². The van der Waals surface area contributed by atoms with E-state index in [1.807, 2.05) is 18.2 Å². The van der Waals surface area contributed by atoms with Gasteiger partial charge in [-0.1, -0.05) is 61.6 Å². The summed E-state index contributed by atoms with van der Waals surface area (Å²) >= 11 is 1.28. The van der Waals surface area contributed by atoms with Crippen molar-refractivity contribution >= 4 is 34.0 Å². The average molecular weight is 408 g/mol. The van der Waals surface area contributed by atoms with E-state index in [9.17, 15) is 9.59 Å². The number of anilines is 2. The van der Waals surface area contributed by atoms with Gasteiger partial charge in [0.1, 0.15) is 10.8 Å². The highest BCUT2D eigenvalue weighted by atomic mass is 32.1. The van der Waals surface area contributed by atoms with Crippen LogP contribution in [0.1, 0.15) is 31.7 Å². The Hall–Kier alpha value is -3.26. The Balaban J connectivity index is 1.39. The lowest BCUT2D eigenvalue weighted by Gasteiger charge is -2.25. The van der Waals surface area contributed by atoms with E-state index in [0.717, 1.165) is 10.6 Å². The van der Waals surface area contributed by atoms with Gasteiger partial charge in [0.15, 0.2) is 6.10 Å². The maximum atomic E-state index is 12.4. The molecule has 0 bridgehead atoms. The Morgan fingerprint density at radius 3 is 2.69 bits per heavy atom. The lowest BCUT2D eigenvalue weighted by molar-refractivity contribution is -0.128. The number of fused-ring (bicyclic) bond motifs is 1. The van der Waals surface area contributed by atoms with Gasteiger partial charge in [-0.25, -0.2) is 0 Å². The molecule has 0 aliphatic carbocycles. The number of para-hydroxylation sites is 2. The zero-order valence-electron chi connectivity index (χ0n) is 16.0. The second-order valence-corrected chi connectivity index (χ2v) is 8.01. The predicted molar refractivity (Wildman–Crippen MR) is 112 cm³/mol. The number of aromatic nitrogens is 2. The van der Waals surface area contributed by atoms with Crippen molar-refractivity contribution in [1.82, 2.24) is 10.2 Å². The summed E-state index contributed by atoms with van der Waals surface area (Å²) in [6.45, 7) is 4.28. The Labute approximate surface area is 172 Å². The van der Waals surface area contributed by atoms with Crippen LogP contribution in [0.25, 0.3) is 10.6 Å². The third-order valence-corrected chi connectivity index (χ3v) is 5.46. The minimum absolute atomic E-state index is 0.113. The average Bonchev–Trinajstić information content (AvgIpc) is 3.17. The number of amides is 2. The fraction of sp³-hybridized carbons (Fsp3) is 0.238. The highest BCUT2D eigenvalue weighted by molar-refractivity contribution is 7.18. The molecule has 3 aromatic rings. The molecule has 0 unspecified atom stereocenters. The van der Waals surface area contributed by atoms with E-state index in [0.29, 0.717) is 22.5 Å². The molecule has 148 valence electrons. The lowest BCUT2D eigenvalue weighted by Crippen LogP contribution is -2.39. The highest BCUT2D eigenvalue weighted by Gasteiger charge is 2.29. The summed E-state index contributed by atoms with van der Waals surface area (Å²) in [6.07, 6.45) is -1.00. The van der Waals surface area contributed by atoms with Gasteiger partial charge in [-0.2, -0.15) is 0 Å². The molecule has 4 rings (SSSR count). The molecular weight excluding hydrogens is 388 g/mol. The number of nitrogens with one attached hydrogen (secondary N) is 2. The first-order chi connectivity index (χ1) is 14.0. The molecule has 1 aliphatic heterocycles. The van der Waals surface area contributed by atoms with Crippen LogP contribution in [-0.2, 0) is 9.59 Å². The van der Waals surface area contributed by atoms with Gasteiger partial charge in [0.2, 0.25) is 11.0 Å². The largest absolute Gasteiger partial charge is 0.478 e. The van der Waals surface area contributed by atoms with E-state index >= 15 is 0 Å².